The molecule has 34 heavy (non-hydrogen) atoms. The predicted octanol–water partition coefficient (Wildman–Crippen LogP) is 4.95. The lowest BCUT2D eigenvalue weighted by atomic mass is 9.90. The van der Waals surface area contributed by atoms with Crippen LogP contribution in [0.2, 0.25) is 0 Å². The van der Waals surface area contributed by atoms with Crippen molar-refractivity contribution >= 4 is 5.71 Å². The quantitative estimate of drug-likeness (QED) is 0.562. The van der Waals surface area contributed by atoms with Crippen LogP contribution in [-0.4, -0.2) is 41.2 Å². The van der Waals surface area contributed by atoms with Crippen LogP contribution in [0.4, 0.5) is 0 Å². The van der Waals surface area contributed by atoms with Gasteiger partial charge in [-0.15, -0.1) is 0 Å². The van der Waals surface area contributed by atoms with Gasteiger partial charge in [0, 0.05) is 50.0 Å². The molecule has 3 aromatic carbocycles. The van der Waals surface area contributed by atoms with E-state index in [9.17, 15) is 0 Å². The normalized spacial score (nSPS) is 22.2. The molecular formula is C28H27N3O3. The highest BCUT2D eigenvalue weighted by molar-refractivity contribution is 6.02. The average Bonchev–Trinajstić information content (AvgIpc) is 3.54. The summed E-state index contributed by atoms with van der Waals surface area (Å²) in [5.41, 5.74) is 4.34. The van der Waals surface area contributed by atoms with Crippen molar-refractivity contribution in [1.29, 1.82) is 0 Å². The van der Waals surface area contributed by atoms with E-state index in [0.717, 1.165) is 67.4 Å². The molecular weight excluding hydrogens is 426 g/mol. The molecule has 0 aliphatic carbocycles. The molecule has 7 rings (SSSR count). The highest BCUT2D eigenvalue weighted by Gasteiger charge is 2.51. The minimum atomic E-state index is -0.412. The van der Waals surface area contributed by atoms with Crippen LogP contribution in [-0.2, 0) is 6.54 Å². The van der Waals surface area contributed by atoms with Gasteiger partial charge in [0.2, 0.25) is 12.5 Å². The third-order valence-electron chi connectivity index (χ3n) is 7.50. The van der Waals surface area contributed by atoms with Crippen molar-refractivity contribution in [1.82, 2.24) is 9.91 Å². The fourth-order valence-corrected chi connectivity index (χ4v) is 5.71. The van der Waals surface area contributed by atoms with Crippen LogP contribution < -0.4 is 14.2 Å². The first-order valence-corrected chi connectivity index (χ1v) is 12.1. The molecule has 0 saturated carbocycles. The number of piperidine rings is 1. The van der Waals surface area contributed by atoms with Gasteiger partial charge in [0.15, 0.2) is 11.5 Å². The zero-order chi connectivity index (χ0) is 22.5. The third-order valence-corrected chi connectivity index (χ3v) is 7.50. The molecule has 0 amide bonds. The lowest BCUT2D eigenvalue weighted by Gasteiger charge is -2.51. The number of rotatable bonds is 3. The predicted molar refractivity (Wildman–Crippen MR) is 129 cm³/mol. The van der Waals surface area contributed by atoms with Crippen LogP contribution in [0.15, 0.2) is 77.9 Å². The molecule has 6 heteroatoms. The summed E-state index contributed by atoms with van der Waals surface area (Å²) in [4.78, 5) is 2.53. The van der Waals surface area contributed by atoms with Crippen molar-refractivity contribution in [3.63, 3.8) is 0 Å². The van der Waals surface area contributed by atoms with Crippen LogP contribution in [0, 0.1) is 0 Å². The van der Waals surface area contributed by atoms with Crippen molar-refractivity contribution in [3.8, 4) is 17.2 Å². The van der Waals surface area contributed by atoms with Crippen LogP contribution in [0.3, 0.4) is 0 Å². The standard InChI is InChI=1S/C28H27N3O3/c1-2-6-20(7-3-1)18-30-14-12-28(13-15-30)31-24(22-8-4-5-9-25(22)34-28)17-23(29-31)21-10-11-26-27(16-21)33-19-32-26/h1-11,16,24H,12-15,17-19H2. The number of nitrogens with zero attached hydrogens (tertiary/aromatic N) is 3. The molecule has 1 fully saturated rings. The highest BCUT2D eigenvalue weighted by Crippen LogP contribution is 2.50. The molecule has 1 atom stereocenters. The highest BCUT2D eigenvalue weighted by atomic mass is 16.7. The van der Waals surface area contributed by atoms with Gasteiger partial charge >= 0.3 is 0 Å². The van der Waals surface area contributed by atoms with Crippen LogP contribution in [0.25, 0.3) is 0 Å². The molecule has 3 aromatic rings. The Morgan fingerprint density at radius 3 is 2.53 bits per heavy atom. The van der Waals surface area contributed by atoms with E-state index in [1.165, 1.54) is 11.1 Å². The minimum absolute atomic E-state index is 0.186. The number of fused-ring (bicyclic) bond motifs is 5. The first-order chi connectivity index (χ1) is 16.8. The van der Waals surface area contributed by atoms with E-state index >= 15 is 0 Å². The summed E-state index contributed by atoms with van der Waals surface area (Å²) < 4.78 is 17.9. The van der Waals surface area contributed by atoms with Crippen LogP contribution >= 0.6 is 0 Å². The Labute approximate surface area is 199 Å². The third kappa shape index (κ3) is 3.24. The number of ether oxygens (including phenoxy) is 3. The van der Waals surface area contributed by atoms with Gasteiger partial charge in [-0.2, -0.15) is 5.10 Å². The molecule has 0 aromatic heterocycles. The van der Waals surface area contributed by atoms with E-state index in [0.29, 0.717) is 0 Å². The maximum Gasteiger partial charge on any atom is 0.231 e. The second kappa shape index (κ2) is 7.77. The lowest BCUT2D eigenvalue weighted by Crippen LogP contribution is -2.59. The SMILES string of the molecule is c1ccc(CN2CCC3(CC2)Oc2ccccc2C2CC(c4ccc5c(c4)OCO5)=NN23)cc1. The van der Waals surface area contributed by atoms with Gasteiger partial charge in [-0.05, 0) is 29.8 Å². The van der Waals surface area contributed by atoms with Crippen molar-refractivity contribution in [2.24, 2.45) is 5.10 Å². The van der Waals surface area contributed by atoms with Gasteiger partial charge < -0.3 is 14.2 Å². The summed E-state index contributed by atoms with van der Waals surface area (Å²) in [7, 11) is 0. The first-order valence-electron chi connectivity index (χ1n) is 12.1. The van der Waals surface area contributed by atoms with Gasteiger partial charge in [-0.1, -0.05) is 48.5 Å². The van der Waals surface area contributed by atoms with Gasteiger partial charge in [0.1, 0.15) is 5.75 Å². The van der Waals surface area contributed by atoms with Gasteiger partial charge in [0.05, 0.1) is 11.8 Å². The van der Waals surface area contributed by atoms with Gasteiger partial charge in [-0.3, -0.25) is 4.90 Å². The zero-order valence-electron chi connectivity index (χ0n) is 19.0. The maximum absolute atomic E-state index is 6.78. The first kappa shape index (κ1) is 19.9. The number of benzene rings is 3. The van der Waals surface area contributed by atoms with E-state index in [2.05, 4.69) is 76.6 Å². The molecule has 1 unspecified atom stereocenters. The largest absolute Gasteiger partial charge is 0.466 e. The van der Waals surface area contributed by atoms with Gasteiger partial charge in [0.25, 0.3) is 0 Å². The molecule has 4 heterocycles. The molecule has 0 radical (unpaired) electrons. The average molecular weight is 454 g/mol. The Morgan fingerprint density at radius 1 is 0.853 bits per heavy atom. The summed E-state index contributed by atoms with van der Waals surface area (Å²) in [6.07, 6.45) is 2.70. The molecule has 1 saturated heterocycles. The maximum atomic E-state index is 6.78. The molecule has 6 nitrogen and oxygen atoms in total. The molecule has 172 valence electrons. The van der Waals surface area contributed by atoms with E-state index in [1.54, 1.807) is 0 Å². The molecule has 1 spiro atoms. The number of hydrazone groups is 1. The monoisotopic (exact) mass is 453 g/mol. The number of hydrogen-bond acceptors (Lipinski definition) is 6. The Morgan fingerprint density at radius 2 is 1.65 bits per heavy atom. The summed E-state index contributed by atoms with van der Waals surface area (Å²) in [6.45, 7) is 3.22. The summed E-state index contributed by atoms with van der Waals surface area (Å²) >= 11 is 0. The van der Waals surface area contributed by atoms with Crippen molar-refractivity contribution in [3.05, 3.63) is 89.5 Å². The Bertz CT molecular complexity index is 1250. The molecule has 4 aliphatic heterocycles. The lowest BCUT2D eigenvalue weighted by molar-refractivity contribution is -0.150. The molecule has 4 aliphatic rings. The smallest absolute Gasteiger partial charge is 0.231 e. The van der Waals surface area contributed by atoms with Crippen molar-refractivity contribution in [2.75, 3.05) is 19.9 Å². The van der Waals surface area contributed by atoms with Crippen molar-refractivity contribution in [2.45, 2.75) is 37.6 Å². The number of para-hydroxylation sites is 1. The number of likely N-dealkylation sites (tertiary alicyclic amines) is 1. The minimum Gasteiger partial charge on any atom is -0.466 e. The van der Waals surface area contributed by atoms with Crippen LogP contribution in [0.5, 0.6) is 17.2 Å². The Balaban J connectivity index is 1.19. The topological polar surface area (TPSA) is 46.5 Å². The van der Waals surface area contributed by atoms with E-state index in [4.69, 9.17) is 19.3 Å². The van der Waals surface area contributed by atoms with Crippen molar-refractivity contribution < 1.29 is 14.2 Å². The van der Waals surface area contributed by atoms with Crippen LogP contribution in [0.1, 0.15) is 42.0 Å². The Kier molecular flexibility index (Phi) is 4.55. The van der Waals surface area contributed by atoms with Gasteiger partial charge in [-0.25, -0.2) is 5.01 Å². The zero-order valence-corrected chi connectivity index (χ0v) is 19.0. The summed E-state index contributed by atoms with van der Waals surface area (Å²) in [5, 5.41) is 7.47. The Hall–Kier alpha value is -3.51. The molecule has 0 N–H and O–H groups in total. The molecule has 0 bridgehead atoms. The summed E-state index contributed by atoms with van der Waals surface area (Å²) in [6, 6.07) is 25.5. The fourth-order valence-electron chi connectivity index (χ4n) is 5.71. The second-order valence-electron chi connectivity index (χ2n) is 9.53. The fraction of sp³-hybridized carbons (Fsp3) is 0.321. The van der Waals surface area contributed by atoms with E-state index in [1.807, 2.05) is 6.07 Å². The van der Waals surface area contributed by atoms with E-state index < -0.39 is 5.72 Å². The van der Waals surface area contributed by atoms with E-state index in [-0.39, 0.29) is 12.8 Å². The number of hydrogen-bond donors (Lipinski definition) is 0. The second-order valence-corrected chi connectivity index (χ2v) is 9.53. The summed E-state index contributed by atoms with van der Waals surface area (Å²) in [5.74, 6) is 2.60.